The van der Waals surface area contributed by atoms with Crippen LogP contribution in [0.3, 0.4) is 0 Å². The minimum atomic E-state index is -0.724. The number of aliphatic hydroxyl groups is 1. The van der Waals surface area contributed by atoms with E-state index in [0.29, 0.717) is 6.42 Å². The smallest absolute Gasteiger partial charge is 0.234 e. The average Bonchev–Trinajstić information content (AvgIpc) is 2.80. The molecule has 0 aromatic heterocycles. The summed E-state index contributed by atoms with van der Waals surface area (Å²) in [6, 6.07) is 5.82. The second-order valence-electron chi connectivity index (χ2n) is 8.64. The van der Waals surface area contributed by atoms with Gasteiger partial charge in [-0.2, -0.15) is 0 Å². The van der Waals surface area contributed by atoms with Gasteiger partial charge in [-0.25, -0.2) is 0 Å². The maximum absolute atomic E-state index is 13.5. The fraction of sp³-hybridized carbons (Fsp3) is 0.524. The Labute approximate surface area is 148 Å². The summed E-state index contributed by atoms with van der Waals surface area (Å²) in [6.07, 6.45) is 1.45. The van der Waals surface area contributed by atoms with Crippen molar-refractivity contribution >= 4 is 17.4 Å². The van der Waals surface area contributed by atoms with E-state index in [1.807, 2.05) is 46.0 Å². The van der Waals surface area contributed by atoms with E-state index >= 15 is 0 Å². The predicted molar refractivity (Wildman–Crippen MR) is 96.5 cm³/mol. The molecule has 1 aromatic carbocycles. The quantitative estimate of drug-likeness (QED) is 0.800. The van der Waals surface area contributed by atoms with Crippen LogP contribution < -0.4 is 4.90 Å². The summed E-state index contributed by atoms with van der Waals surface area (Å²) in [6.45, 7) is 9.85. The lowest BCUT2D eigenvalue weighted by Gasteiger charge is -2.48. The highest BCUT2D eigenvalue weighted by Gasteiger charge is 2.62. The third-order valence-corrected chi connectivity index (χ3v) is 7.16. The van der Waals surface area contributed by atoms with Gasteiger partial charge in [0.2, 0.25) is 5.91 Å². The number of carbonyl (C=O) groups excluding carboxylic acids is 2. The van der Waals surface area contributed by atoms with Gasteiger partial charge in [-0.3, -0.25) is 9.59 Å². The maximum atomic E-state index is 13.5. The number of nitrogens with zero attached hydrogens (tertiary/aromatic N) is 1. The zero-order valence-electron chi connectivity index (χ0n) is 15.2. The minimum Gasteiger partial charge on any atom is -0.392 e. The van der Waals surface area contributed by atoms with Crippen LogP contribution in [0.4, 0.5) is 5.69 Å². The number of hydrogen-bond donors (Lipinski definition) is 1. The Morgan fingerprint density at radius 3 is 2.56 bits per heavy atom. The summed E-state index contributed by atoms with van der Waals surface area (Å²) < 4.78 is 0. The lowest BCUT2D eigenvalue weighted by Crippen LogP contribution is -2.52. The van der Waals surface area contributed by atoms with Crippen molar-refractivity contribution in [2.45, 2.75) is 45.1 Å². The number of rotatable bonds is 1. The van der Waals surface area contributed by atoms with Crippen LogP contribution in [0.1, 0.15) is 50.2 Å². The molecule has 4 heteroatoms. The maximum Gasteiger partial charge on any atom is 0.234 e. The highest BCUT2D eigenvalue weighted by Crippen LogP contribution is 2.62. The van der Waals surface area contributed by atoms with Crippen molar-refractivity contribution < 1.29 is 14.7 Å². The number of carbonyl (C=O) groups is 2. The van der Waals surface area contributed by atoms with Crippen molar-refractivity contribution in [2.75, 3.05) is 11.9 Å². The van der Waals surface area contributed by atoms with Gasteiger partial charge in [0.15, 0.2) is 0 Å². The van der Waals surface area contributed by atoms with Crippen LogP contribution in [-0.2, 0) is 9.59 Å². The van der Waals surface area contributed by atoms with Crippen molar-refractivity contribution in [1.82, 2.24) is 0 Å². The van der Waals surface area contributed by atoms with Crippen LogP contribution in [0, 0.1) is 16.7 Å². The molecule has 1 heterocycles. The van der Waals surface area contributed by atoms with E-state index in [4.69, 9.17) is 0 Å². The summed E-state index contributed by atoms with van der Waals surface area (Å²) in [5.74, 6) is -0.973. The van der Waals surface area contributed by atoms with Gasteiger partial charge in [0.05, 0.1) is 17.9 Å². The van der Waals surface area contributed by atoms with Crippen LogP contribution in [0.25, 0.3) is 0 Å². The summed E-state index contributed by atoms with van der Waals surface area (Å²) in [7, 11) is 1.81. The minimum absolute atomic E-state index is 0.0441. The normalized spacial score (nSPS) is 38.4. The molecule has 1 amide bonds. The molecule has 132 valence electrons. The largest absolute Gasteiger partial charge is 0.392 e. The Morgan fingerprint density at radius 1 is 1.24 bits per heavy atom. The van der Waals surface area contributed by atoms with Crippen molar-refractivity contribution in [3.63, 3.8) is 0 Å². The third-order valence-electron chi connectivity index (χ3n) is 7.16. The molecule has 1 aliphatic heterocycles. The highest BCUT2D eigenvalue weighted by atomic mass is 16.3. The first kappa shape index (κ1) is 16.5. The molecule has 0 spiro atoms. The van der Waals surface area contributed by atoms with Crippen LogP contribution in [0.2, 0.25) is 0 Å². The summed E-state index contributed by atoms with van der Waals surface area (Å²) in [4.78, 5) is 28.3. The van der Waals surface area contributed by atoms with Gasteiger partial charge in [-0.05, 0) is 29.0 Å². The molecule has 0 radical (unpaired) electrons. The Kier molecular flexibility index (Phi) is 3.19. The zero-order chi connectivity index (χ0) is 18.3. The highest BCUT2D eigenvalue weighted by molar-refractivity contribution is 6.08. The first-order valence-corrected chi connectivity index (χ1v) is 8.92. The fourth-order valence-corrected chi connectivity index (χ4v) is 5.46. The number of aliphatic hydroxyl groups excluding tert-OH is 1. The van der Waals surface area contributed by atoms with Gasteiger partial charge >= 0.3 is 0 Å². The van der Waals surface area contributed by atoms with Crippen LogP contribution in [-0.4, -0.2) is 29.9 Å². The molecule has 3 aliphatic rings. The summed E-state index contributed by atoms with van der Waals surface area (Å²) >= 11 is 0. The molecule has 0 unspecified atom stereocenters. The molecule has 1 saturated carbocycles. The molecule has 2 bridgehead atoms. The van der Waals surface area contributed by atoms with Gasteiger partial charge in [0, 0.05) is 24.1 Å². The van der Waals surface area contributed by atoms with Crippen LogP contribution >= 0.6 is 0 Å². The predicted octanol–water partition coefficient (Wildman–Crippen LogP) is 3.01. The average molecular weight is 339 g/mol. The number of hydrogen-bond acceptors (Lipinski definition) is 3. The van der Waals surface area contributed by atoms with Crippen molar-refractivity contribution in [3.8, 4) is 0 Å². The number of anilines is 1. The summed E-state index contributed by atoms with van der Waals surface area (Å²) in [5.41, 5.74) is 1.49. The first-order chi connectivity index (χ1) is 11.7. The first-order valence-electron chi connectivity index (χ1n) is 8.92. The number of likely N-dealkylation sites (N-methyl/N-ethyl adjacent to an activating group) is 1. The Balaban J connectivity index is 2.10. The number of benzene rings is 1. The molecule has 1 N–H and O–H groups in total. The molecular formula is C21H25NO3. The number of amides is 1. The van der Waals surface area contributed by atoms with Crippen molar-refractivity contribution in [3.05, 3.63) is 42.0 Å². The molecule has 4 nitrogen and oxygen atoms in total. The number of ketones is 1. The molecule has 0 saturated heterocycles. The number of Topliss-reactive ketones (excluding diaryl/α,β-unsaturated/α-hetero) is 1. The fourth-order valence-electron chi connectivity index (χ4n) is 5.46. The van der Waals surface area contributed by atoms with E-state index in [-0.39, 0.29) is 23.5 Å². The van der Waals surface area contributed by atoms with Gasteiger partial charge in [0.25, 0.3) is 0 Å². The van der Waals surface area contributed by atoms with Gasteiger partial charge in [-0.15, -0.1) is 6.58 Å². The van der Waals surface area contributed by atoms with Crippen LogP contribution in [0.15, 0.2) is 30.9 Å². The third kappa shape index (κ3) is 1.76. The van der Waals surface area contributed by atoms with Crippen LogP contribution in [0.5, 0.6) is 0 Å². The monoisotopic (exact) mass is 339 g/mol. The zero-order valence-corrected chi connectivity index (χ0v) is 15.2. The lowest BCUT2D eigenvalue weighted by atomic mass is 9.56. The lowest BCUT2D eigenvalue weighted by molar-refractivity contribution is -0.142. The van der Waals surface area contributed by atoms with E-state index in [2.05, 4.69) is 6.58 Å². The number of fused-ring (bicyclic) bond motifs is 3. The SMILES string of the molecule is C=C[C@@]1(C)[C@@H]2C(=O)[C@H](C[C@@H]1O)C(C)(C)[C@H]1C(=O)N(C)c3cccc2c31. The van der Waals surface area contributed by atoms with Gasteiger partial charge < -0.3 is 10.0 Å². The molecule has 25 heavy (non-hydrogen) atoms. The molecule has 2 aliphatic carbocycles. The molecule has 1 fully saturated rings. The van der Waals surface area contributed by atoms with Gasteiger partial charge in [-0.1, -0.05) is 39.0 Å². The second kappa shape index (κ2) is 4.82. The van der Waals surface area contributed by atoms with E-state index in [0.717, 1.165) is 16.8 Å². The molecular weight excluding hydrogens is 314 g/mol. The molecule has 5 atom stereocenters. The Hall–Kier alpha value is -1.94. The molecule has 4 rings (SSSR count). The summed E-state index contributed by atoms with van der Waals surface area (Å²) in [5, 5.41) is 10.9. The molecule has 1 aromatic rings. The Morgan fingerprint density at radius 2 is 1.92 bits per heavy atom. The van der Waals surface area contributed by atoms with Crippen molar-refractivity contribution in [1.29, 1.82) is 0 Å². The standard InChI is InChI=1S/C21H25NO3/c1-6-21(4)14(23)10-12-18(24)16(21)11-8-7-9-13-15(11)17(20(12,2)3)19(25)22(13)5/h6-9,12,14,16-17,23H,1,10H2,2-5H3/t12-,14-,16-,17+,21+/m0/s1. The van der Waals surface area contributed by atoms with E-state index < -0.39 is 22.9 Å². The van der Waals surface area contributed by atoms with Crippen molar-refractivity contribution in [2.24, 2.45) is 16.7 Å². The van der Waals surface area contributed by atoms with E-state index in [9.17, 15) is 14.7 Å². The topological polar surface area (TPSA) is 57.6 Å². The Bertz CT molecular complexity index is 811. The van der Waals surface area contributed by atoms with E-state index in [1.54, 1.807) is 11.0 Å². The second-order valence-corrected chi connectivity index (χ2v) is 8.64. The van der Waals surface area contributed by atoms with E-state index in [1.165, 1.54) is 0 Å². The van der Waals surface area contributed by atoms with Gasteiger partial charge in [0.1, 0.15) is 5.78 Å².